The highest BCUT2D eigenvalue weighted by Crippen LogP contribution is 2.23. The van der Waals surface area contributed by atoms with Crippen LogP contribution < -0.4 is 4.72 Å². The number of sulfonamides is 1. The molecule has 0 saturated heterocycles. The molecule has 0 radical (unpaired) electrons. The lowest BCUT2D eigenvalue weighted by Crippen LogP contribution is -2.42. The zero-order valence-electron chi connectivity index (χ0n) is 12.3. The molecule has 1 aromatic heterocycles. The highest BCUT2D eigenvalue weighted by molar-refractivity contribution is 7.89. The zero-order valence-corrected chi connectivity index (χ0v) is 13.9. The molecule has 2 aromatic rings. The standard InChI is InChI=1S/C15H18ClNO4S/c1-11-13(16)6-3-7-14(11)22(19,20)17-10-15(2,18)9-12-5-4-8-21-12/h3-8,17-18H,9-10H2,1-2H3/t15-/m1/s1. The highest BCUT2D eigenvalue weighted by Gasteiger charge is 2.26. The number of hydrogen-bond donors (Lipinski definition) is 2. The van der Waals surface area contributed by atoms with Crippen LogP contribution in [0, 0.1) is 6.92 Å². The quantitative estimate of drug-likeness (QED) is 0.844. The molecule has 22 heavy (non-hydrogen) atoms. The summed E-state index contributed by atoms with van der Waals surface area (Å²) in [6, 6.07) is 8.12. The molecule has 0 unspecified atom stereocenters. The molecular weight excluding hydrogens is 326 g/mol. The van der Waals surface area contributed by atoms with Gasteiger partial charge in [0.1, 0.15) is 5.76 Å². The largest absolute Gasteiger partial charge is 0.469 e. The number of hydrogen-bond acceptors (Lipinski definition) is 4. The van der Waals surface area contributed by atoms with E-state index in [0.29, 0.717) is 16.3 Å². The van der Waals surface area contributed by atoms with Gasteiger partial charge in [-0.2, -0.15) is 0 Å². The lowest BCUT2D eigenvalue weighted by atomic mass is 10.0. The monoisotopic (exact) mass is 343 g/mol. The van der Waals surface area contributed by atoms with Crippen molar-refractivity contribution in [2.24, 2.45) is 0 Å². The van der Waals surface area contributed by atoms with Crippen molar-refractivity contribution in [2.45, 2.75) is 30.8 Å². The third-order valence-electron chi connectivity index (χ3n) is 3.29. The summed E-state index contributed by atoms with van der Waals surface area (Å²) in [7, 11) is -3.75. The van der Waals surface area contributed by atoms with Crippen LogP contribution in [-0.2, 0) is 16.4 Å². The average Bonchev–Trinajstić information content (AvgIpc) is 2.92. The molecule has 1 heterocycles. The van der Waals surface area contributed by atoms with Crippen LogP contribution in [0.4, 0.5) is 0 Å². The Bertz CT molecular complexity index is 739. The summed E-state index contributed by atoms with van der Waals surface area (Å²) in [6.45, 7) is 3.04. The number of furan rings is 1. The molecule has 2 N–H and O–H groups in total. The molecule has 1 atom stereocenters. The number of rotatable bonds is 6. The Morgan fingerprint density at radius 2 is 2.05 bits per heavy atom. The summed E-state index contributed by atoms with van der Waals surface area (Å²) in [5.41, 5.74) is -0.792. The molecule has 0 bridgehead atoms. The number of halogens is 1. The zero-order chi connectivity index (χ0) is 16.4. The molecule has 0 fully saturated rings. The van der Waals surface area contributed by atoms with Crippen molar-refractivity contribution in [3.05, 3.63) is 52.9 Å². The number of nitrogens with one attached hydrogen (secondary N) is 1. The molecule has 0 aliphatic carbocycles. The number of aliphatic hydroxyl groups is 1. The SMILES string of the molecule is Cc1c(Cl)cccc1S(=O)(=O)NC[C@](C)(O)Cc1ccco1. The molecule has 0 amide bonds. The van der Waals surface area contributed by atoms with Crippen molar-refractivity contribution < 1.29 is 17.9 Å². The topological polar surface area (TPSA) is 79.5 Å². The van der Waals surface area contributed by atoms with E-state index in [9.17, 15) is 13.5 Å². The Morgan fingerprint density at radius 3 is 2.68 bits per heavy atom. The van der Waals surface area contributed by atoms with Gasteiger partial charge < -0.3 is 9.52 Å². The summed E-state index contributed by atoms with van der Waals surface area (Å²) in [4.78, 5) is 0.105. The van der Waals surface area contributed by atoms with Crippen LogP contribution in [0.25, 0.3) is 0 Å². The third kappa shape index (κ3) is 4.10. The lowest BCUT2D eigenvalue weighted by Gasteiger charge is -2.22. The second-order valence-corrected chi connectivity index (χ2v) is 7.58. The maximum Gasteiger partial charge on any atom is 0.240 e. The number of benzene rings is 1. The minimum Gasteiger partial charge on any atom is -0.469 e. The lowest BCUT2D eigenvalue weighted by molar-refractivity contribution is 0.0603. The van der Waals surface area contributed by atoms with Crippen LogP contribution in [0.2, 0.25) is 5.02 Å². The van der Waals surface area contributed by atoms with Crippen LogP contribution in [0.15, 0.2) is 45.9 Å². The van der Waals surface area contributed by atoms with Gasteiger partial charge in [0.05, 0.1) is 16.8 Å². The minimum atomic E-state index is -3.75. The van der Waals surface area contributed by atoms with Crippen LogP contribution in [0.3, 0.4) is 0 Å². The molecular formula is C15H18ClNO4S. The van der Waals surface area contributed by atoms with Gasteiger partial charge in [-0.05, 0) is 43.7 Å². The van der Waals surface area contributed by atoms with E-state index in [1.807, 2.05) is 0 Å². The highest BCUT2D eigenvalue weighted by atomic mass is 35.5. The predicted octanol–water partition coefficient (Wildman–Crippen LogP) is 2.51. The molecule has 0 aliphatic heterocycles. The van der Waals surface area contributed by atoms with Crippen LogP contribution in [-0.4, -0.2) is 25.7 Å². The fraction of sp³-hybridized carbons (Fsp3) is 0.333. The Morgan fingerprint density at radius 1 is 1.32 bits per heavy atom. The second kappa shape index (κ2) is 6.42. The predicted molar refractivity (Wildman–Crippen MR) is 84.4 cm³/mol. The summed E-state index contributed by atoms with van der Waals surface area (Å²) in [5, 5.41) is 10.7. The first-order chi connectivity index (χ1) is 10.2. The second-order valence-electron chi connectivity index (χ2n) is 5.44. The minimum absolute atomic E-state index is 0.105. The van der Waals surface area contributed by atoms with E-state index < -0.39 is 15.6 Å². The van der Waals surface area contributed by atoms with E-state index in [-0.39, 0.29) is 17.9 Å². The Hall–Kier alpha value is -1.34. The van der Waals surface area contributed by atoms with Crippen molar-refractivity contribution in [3.8, 4) is 0 Å². The fourth-order valence-electron chi connectivity index (χ4n) is 2.06. The Labute approximate surface area is 135 Å². The van der Waals surface area contributed by atoms with Gasteiger partial charge in [0.2, 0.25) is 10.0 Å². The van der Waals surface area contributed by atoms with Gasteiger partial charge in [0.15, 0.2) is 0 Å². The van der Waals surface area contributed by atoms with Crippen molar-refractivity contribution in [1.82, 2.24) is 4.72 Å². The van der Waals surface area contributed by atoms with Crippen molar-refractivity contribution in [2.75, 3.05) is 6.54 Å². The van der Waals surface area contributed by atoms with E-state index in [1.165, 1.54) is 12.3 Å². The van der Waals surface area contributed by atoms with Crippen molar-refractivity contribution in [3.63, 3.8) is 0 Å². The smallest absolute Gasteiger partial charge is 0.240 e. The summed E-state index contributed by atoms with van der Waals surface area (Å²) in [6.07, 6.45) is 1.71. The maximum absolute atomic E-state index is 12.4. The van der Waals surface area contributed by atoms with E-state index in [4.69, 9.17) is 16.0 Å². The normalized spacial score (nSPS) is 14.7. The summed E-state index contributed by atoms with van der Waals surface area (Å²) >= 11 is 5.95. The molecule has 2 rings (SSSR count). The van der Waals surface area contributed by atoms with Crippen molar-refractivity contribution >= 4 is 21.6 Å². The molecule has 1 aromatic carbocycles. The van der Waals surface area contributed by atoms with E-state index in [1.54, 1.807) is 38.1 Å². The Balaban J connectivity index is 2.10. The molecule has 0 spiro atoms. The van der Waals surface area contributed by atoms with Gasteiger partial charge in [0, 0.05) is 18.0 Å². The van der Waals surface area contributed by atoms with Gasteiger partial charge in [-0.15, -0.1) is 0 Å². The fourth-order valence-corrected chi connectivity index (χ4v) is 3.72. The summed E-state index contributed by atoms with van der Waals surface area (Å²) in [5.74, 6) is 0.586. The molecule has 120 valence electrons. The van der Waals surface area contributed by atoms with Crippen LogP contribution in [0.1, 0.15) is 18.2 Å². The van der Waals surface area contributed by atoms with E-state index in [2.05, 4.69) is 4.72 Å². The van der Waals surface area contributed by atoms with Crippen LogP contribution >= 0.6 is 11.6 Å². The molecule has 5 nitrogen and oxygen atoms in total. The van der Waals surface area contributed by atoms with E-state index in [0.717, 1.165) is 0 Å². The first kappa shape index (κ1) is 17.0. The third-order valence-corrected chi connectivity index (χ3v) is 5.24. The molecule has 0 aliphatic rings. The molecule has 7 heteroatoms. The van der Waals surface area contributed by atoms with Crippen LogP contribution in [0.5, 0.6) is 0 Å². The van der Waals surface area contributed by atoms with Gasteiger partial charge in [-0.1, -0.05) is 17.7 Å². The Kier molecular flexibility index (Phi) is 4.97. The van der Waals surface area contributed by atoms with Gasteiger partial charge in [-0.25, -0.2) is 13.1 Å². The van der Waals surface area contributed by atoms with Gasteiger partial charge in [-0.3, -0.25) is 0 Å². The van der Waals surface area contributed by atoms with Gasteiger partial charge in [0.25, 0.3) is 0 Å². The van der Waals surface area contributed by atoms with Crippen molar-refractivity contribution in [1.29, 1.82) is 0 Å². The molecule has 0 saturated carbocycles. The average molecular weight is 344 g/mol. The van der Waals surface area contributed by atoms with Gasteiger partial charge >= 0.3 is 0 Å². The first-order valence-corrected chi connectivity index (χ1v) is 8.57. The van der Waals surface area contributed by atoms with E-state index >= 15 is 0 Å². The first-order valence-electron chi connectivity index (χ1n) is 6.71. The summed E-state index contributed by atoms with van der Waals surface area (Å²) < 4.78 is 32.3. The maximum atomic E-state index is 12.4.